The Morgan fingerprint density at radius 1 is 1.38 bits per heavy atom. The molecule has 5 heteroatoms. The summed E-state index contributed by atoms with van der Waals surface area (Å²) < 4.78 is 0. The van der Waals surface area contributed by atoms with Crippen LogP contribution in [0.3, 0.4) is 0 Å². The smallest absolute Gasteiger partial charge is 0.126 e. The maximum absolute atomic E-state index is 8.52. The van der Waals surface area contributed by atoms with Crippen LogP contribution in [0, 0.1) is 0 Å². The lowest BCUT2D eigenvalue weighted by atomic mass is 10.4. The van der Waals surface area contributed by atoms with Crippen LogP contribution in [0.2, 0.25) is 0 Å². The Labute approximate surface area is 77.1 Å². The van der Waals surface area contributed by atoms with Gasteiger partial charge in [-0.3, -0.25) is 10.7 Å². The van der Waals surface area contributed by atoms with Gasteiger partial charge in [-0.1, -0.05) is 0 Å². The van der Waals surface area contributed by atoms with E-state index in [4.69, 9.17) is 5.21 Å². The highest BCUT2D eigenvalue weighted by molar-refractivity contribution is 5.45. The summed E-state index contributed by atoms with van der Waals surface area (Å²) in [4.78, 5) is 4.06. The SMILES string of the molecule is CNCCNc1ccc(NO)cn1. The van der Waals surface area contributed by atoms with Crippen molar-refractivity contribution in [2.75, 3.05) is 30.9 Å². The van der Waals surface area contributed by atoms with Crippen LogP contribution in [0.15, 0.2) is 18.3 Å². The molecule has 0 amide bonds. The number of hydrogen-bond donors (Lipinski definition) is 4. The summed E-state index contributed by atoms with van der Waals surface area (Å²) >= 11 is 0. The second-order valence-corrected chi connectivity index (χ2v) is 2.57. The highest BCUT2D eigenvalue weighted by Gasteiger charge is 1.92. The zero-order valence-corrected chi connectivity index (χ0v) is 7.54. The van der Waals surface area contributed by atoms with Crippen molar-refractivity contribution in [3.8, 4) is 0 Å². The van der Waals surface area contributed by atoms with E-state index >= 15 is 0 Å². The minimum Gasteiger partial charge on any atom is -0.369 e. The fourth-order valence-corrected chi connectivity index (χ4v) is 0.880. The quantitative estimate of drug-likeness (QED) is 0.394. The van der Waals surface area contributed by atoms with Crippen LogP contribution in [0.25, 0.3) is 0 Å². The standard InChI is InChI=1S/C8H14N4O/c1-9-4-5-10-8-3-2-7(12-13)6-11-8/h2-3,6,9,12-13H,4-5H2,1H3,(H,10,11). The van der Waals surface area contributed by atoms with Gasteiger partial charge in [0.1, 0.15) is 5.82 Å². The topological polar surface area (TPSA) is 69.2 Å². The summed E-state index contributed by atoms with van der Waals surface area (Å²) in [5.74, 6) is 0.800. The van der Waals surface area contributed by atoms with Crippen LogP contribution in [0.5, 0.6) is 0 Å². The molecule has 1 aromatic heterocycles. The molecular weight excluding hydrogens is 168 g/mol. The van der Waals surface area contributed by atoms with Crippen LogP contribution < -0.4 is 16.1 Å². The van der Waals surface area contributed by atoms with Gasteiger partial charge in [0.15, 0.2) is 0 Å². The summed E-state index contributed by atoms with van der Waals surface area (Å²) in [6, 6.07) is 3.54. The normalized spacial score (nSPS) is 9.69. The molecular formula is C8H14N4O. The van der Waals surface area contributed by atoms with E-state index in [1.165, 1.54) is 0 Å². The number of pyridine rings is 1. The van der Waals surface area contributed by atoms with E-state index in [1.54, 1.807) is 18.3 Å². The number of likely N-dealkylation sites (N-methyl/N-ethyl adjacent to an activating group) is 1. The van der Waals surface area contributed by atoms with Crippen molar-refractivity contribution in [2.45, 2.75) is 0 Å². The Morgan fingerprint density at radius 2 is 2.23 bits per heavy atom. The average Bonchev–Trinajstić information content (AvgIpc) is 2.19. The predicted molar refractivity (Wildman–Crippen MR) is 52.1 cm³/mol. The maximum Gasteiger partial charge on any atom is 0.126 e. The van der Waals surface area contributed by atoms with Gasteiger partial charge >= 0.3 is 0 Å². The highest BCUT2D eigenvalue weighted by atomic mass is 16.5. The van der Waals surface area contributed by atoms with Crippen molar-refractivity contribution in [2.24, 2.45) is 0 Å². The molecule has 0 aliphatic rings. The molecule has 0 aliphatic carbocycles. The molecule has 0 saturated carbocycles. The zero-order valence-electron chi connectivity index (χ0n) is 7.54. The molecule has 0 unspecified atom stereocenters. The van der Waals surface area contributed by atoms with Crippen LogP contribution >= 0.6 is 0 Å². The molecule has 0 spiro atoms. The maximum atomic E-state index is 8.52. The van der Waals surface area contributed by atoms with E-state index in [2.05, 4.69) is 15.6 Å². The zero-order chi connectivity index (χ0) is 9.52. The van der Waals surface area contributed by atoms with Crippen molar-refractivity contribution >= 4 is 11.5 Å². The Balaban J connectivity index is 2.40. The fourth-order valence-electron chi connectivity index (χ4n) is 0.880. The van der Waals surface area contributed by atoms with Crippen molar-refractivity contribution < 1.29 is 5.21 Å². The fraction of sp³-hybridized carbons (Fsp3) is 0.375. The van der Waals surface area contributed by atoms with Gasteiger partial charge in [0.2, 0.25) is 0 Å². The minimum absolute atomic E-state index is 0.583. The van der Waals surface area contributed by atoms with Gasteiger partial charge in [-0.2, -0.15) is 0 Å². The molecule has 72 valence electrons. The van der Waals surface area contributed by atoms with Gasteiger partial charge < -0.3 is 10.6 Å². The summed E-state index contributed by atoms with van der Waals surface area (Å²) in [6.45, 7) is 1.72. The van der Waals surface area contributed by atoms with E-state index in [1.807, 2.05) is 12.5 Å². The van der Waals surface area contributed by atoms with E-state index in [9.17, 15) is 0 Å². The summed E-state index contributed by atoms with van der Waals surface area (Å²) in [5.41, 5.74) is 2.60. The number of anilines is 2. The third kappa shape index (κ3) is 3.27. The predicted octanol–water partition coefficient (Wildman–Crippen LogP) is 0.514. The monoisotopic (exact) mass is 182 g/mol. The van der Waals surface area contributed by atoms with Crippen molar-refractivity contribution in [1.82, 2.24) is 10.3 Å². The van der Waals surface area contributed by atoms with Crippen molar-refractivity contribution in [3.63, 3.8) is 0 Å². The number of nitrogens with one attached hydrogen (secondary N) is 3. The Morgan fingerprint density at radius 3 is 2.77 bits per heavy atom. The van der Waals surface area contributed by atoms with Crippen molar-refractivity contribution in [3.05, 3.63) is 18.3 Å². The molecule has 0 aliphatic heterocycles. The van der Waals surface area contributed by atoms with E-state index < -0.39 is 0 Å². The van der Waals surface area contributed by atoms with E-state index in [0.29, 0.717) is 5.69 Å². The Hall–Kier alpha value is -1.33. The third-order valence-corrected chi connectivity index (χ3v) is 1.57. The molecule has 0 saturated heterocycles. The number of nitrogens with zero attached hydrogens (tertiary/aromatic N) is 1. The van der Waals surface area contributed by atoms with Gasteiger partial charge in [0.25, 0.3) is 0 Å². The molecule has 13 heavy (non-hydrogen) atoms. The molecule has 0 fully saturated rings. The minimum atomic E-state index is 0.583. The summed E-state index contributed by atoms with van der Waals surface area (Å²) in [7, 11) is 1.90. The molecule has 0 radical (unpaired) electrons. The first-order chi connectivity index (χ1) is 6.36. The number of rotatable bonds is 5. The van der Waals surface area contributed by atoms with Gasteiger partial charge in [-0.05, 0) is 19.2 Å². The molecule has 1 heterocycles. The Bertz CT molecular complexity index is 236. The van der Waals surface area contributed by atoms with E-state index in [-0.39, 0.29) is 0 Å². The molecule has 4 N–H and O–H groups in total. The van der Waals surface area contributed by atoms with Gasteiger partial charge in [0.05, 0.1) is 11.9 Å². The summed E-state index contributed by atoms with van der Waals surface area (Å²) in [5, 5.41) is 14.7. The lowest BCUT2D eigenvalue weighted by Gasteiger charge is -2.05. The Kier molecular flexibility index (Phi) is 4.01. The highest BCUT2D eigenvalue weighted by Crippen LogP contribution is 2.07. The first-order valence-electron chi connectivity index (χ1n) is 4.11. The van der Waals surface area contributed by atoms with Crippen LogP contribution in [0.4, 0.5) is 11.5 Å². The van der Waals surface area contributed by atoms with Crippen molar-refractivity contribution in [1.29, 1.82) is 0 Å². The molecule has 0 aromatic carbocycles. The number of aromatic nitrogens is 1. The average molecular weight is 182 g/mol. The van der Waals surface area contributed by atoms with Crippen LogP contribution in [0.1, 0.15) is 0 Å². The second kappa shape index (κ2) is 5.34. The molecule has 1 rings (SSSR count). The van der Waals surface area contributed by atoms with E-state index in [0.717, 1.165) is 18.9 Å². The van der Waals surface area contributed by atoms with Gasteiger partial charge in [-0.15, -0.1) is 0 Å². The van der Waals surface area contributed by atoms with Crippen LogP contribution in [-0.4, -0.2) is 30.3 Å². The second-order valence-electron chi connectivity index (χ2n) is 2.57. The van der Waals surface area contributed by atoms with Gasteiger partial charge in [-0.25, -0.2) is 4.98 Å². The lowest BCUT2D eigenvalue weighted by molar-refractivity contribution is 0.388. The molecule has 5 nitrogen and oxygen atoms in total. The third-order valence-electron chi connectivity index (χ3n) is 1.57. The first-order valence-corrected chi connectivity index (χ1v) is 4.11. The first kappa shape index (κ1) is 9.76. The molecule has 0 bridgehead atoms. The molecule has 1 aromatic rings. The number of hydrogen-bond acceptors (Lipinski definition) is 5. The molecule has 0 atom stereocenters. The summed E-state index contributed by atoms with van der Waals surface area (Å²) in [6.07, 6.45) is 1.56. The lowest BCUT2D eigenvalue weighted by Crippen LogP contribution is -2.18. The van der Waals surface area contributed by atoms with Crippen LogP contribution in [-0.2, 0) is 0 Å². The largest absolute Gasteiger partial charge is 0.369 e. The van der Waals surface area contributed by atoms with Gasteiger partial charge in [0, 0.05) is 13.1 Å².